The van der Waals surface area contributed by atoms with Crippen LogP contribution in [0.1, 0.15) is 59.8 Å². The molecule has 0 aromatic carbocycles. The molecule has 2 unspecified atom stereocenters. The monoisotopic (exact) mass is 238 g/mol. The zero-order valence-electron chi connectivity index (χ0n) is 11.6. The fraction of sp³-hybridized carbons (Fsp3) is 0.929. The molecule has 17 heavy (non-hydrogen) atoms. The van der Waals surface area contributed by atoms with Gasteiger partial charge in [0.15, 0.2) is 0 Å². The smallest absolute Gasteiger partial charge is 0.244 e. The second kappa shape index (κ2) is 4.60. The van der Waals surface area contributed by atoms with Crippen LogP contribution >= 0.6 is 0 Å². The van der Waals surface area contributed by atoms with E-state index in [9.17, 15) is 4.79 Å². The zero-order chi connectivity index (χ0) is 12.6. The maximum atomic E-state index is 12.7. The Hall–Kier alpha value is -0.570. The van der Waals surface area contributed by atoms with E-state index in [0.717, 1.165) is 19.3 Å². The average molecular weight is 238 g/mol. The van der Waals surface area contributed by atoms with E-state index in [1.54, 1.807) is 0 Å². The second-order valence-electron chi connectivity index (χ2n) is 6.05. The minimum Gasteiger partial charge on any atom is -0.323 e. The number of amides is 1. The molecule has 1 N–H and O–H groups in total. The number of carbonyl (C=O) groups excluding carboxylic acids is 1. The number of nitrogens with zero attached hydrogens (tertiary/aromatic N) is 1. The number of carbonyl (C=O) groups is 1. The van der Waals surface area contributed by atoms with Crippen LogP contribution in [0.3, 0.4) is 0 Å². The average Bonchev–Trinajstić information content (AvgIpc) is 2.86. The first kappa shape index (κ1) is 12.9. The summed E-state index contributed by atoms with van der Waals surface area (Å²) in [5.74, 6) is 0.884. The summed E-state index contributed by atoms with van der Waals surface area (Å²) in [5, 5.41) is 3.63. The van der Waals surface area contributed by atoms with E-state index < -0.39 is 0 Å². The second-order valence-corrected chi connectivity index (χ2v) is 6.05. The van der Waals surface area contributed by atoms with Crippen molar-refractivity contribution in [3.8, 4) is 0 Å². The largest absolute Gasteiger partial charge is 0.323 e. The lowest BCUT2D eigenvalue weighted by Gasteiger charge is -2.32. The summed E-state index contributed by atoms with van der Waals surface area (Å²) < 4.78 is 0. The fourth-order valence-electron chi connectivity index (χ4n) is 3.26. The summed E-state index contributed by atoms with van der Waals surface area (Å²) in [4.78, 5) is 14.8. The molecule has 1 heterocycles. The van der Waals surface area contributed by atoms with Gasteiger partial charge in [-0.15, -0.1) is 0 Å². The molecular formula is C14H26N2O. The highest BCUT2D eigenvalue weighted by Crippen LogP contribution is 2.38. The number of hydrogen-bond acceptors (Lipinski definition) is 2. The summed E-state index contributed by atoms with van der Waals surface area (Å²) in [6.45, 7) is 8.74. The molecular weight excluding hydrogens is 212 g/mol. The summed E-state index contributed by atoms with van der Waals surface area (Å²) in [5.41, 5.74) is -0.205. The Labute approximate surface area is 105 Å². The van der Waals surface area contributed by atoms with Gasteiger partial charge in [0.05, 0.1) is 11.7 Å². The van der Waals surface area contributed by atoms with Crippen LogP contribution in [0.4, 0.5) is 0 Å². The van der Waals surface area contributed by atoms with Gasteiger partial charge in [0.25, 0.3) is 0 Å². The van der Waals surface area contributed by atoms with E-state index in [0.29, 0.717) is 17.9 Å². The van der Waals surface area contributed by atoms with Gasteiger partial charge in [-0.1, -0.05) is 33.6 Å². The van der Waals surface area contributed by atoms with Gasteiger partial charge in [0.1, 0.15) is 0 Å². The number of rotatable bonds is 3. The van der Waals surface area contributed by atoms with Crippen LogP contribution in [-0.4, -0.2) is 28.6 Å². The standard InChI is InChI=1S/C14H26N2O/c1-5-12-15-14(8-6-7-9-14)13(17)16(12)11(4)10(2)3/h10-12,15H,5-9H2,1-4H3. The van der Waals surface area contributed by atoms with Crippen LogP contribution in [0.25, 0.3) is 0 Å². The van der Waals surface area contributed by atoms with Gasteiger partial charge in [0, 0.05) is 6.04 Å². The van der Waals surface area contributed by atoms with E-state index in [1.807, 2.05) is 0 Å². The first-order valence-corrected chi connectivity index (χ1v) is 7.12. The van der Waals surface area contributed by atoms with Crippen LogP contribution in [0, 0.1) is 5.92 Å². The Morgan fingerprint density at radius 1 is 1.35 bits per heavy atom. The first-order chi connectivity index (χ1) is 8.02. The summed E-state index contributed by atoms with van der Waals surface area (Å²) in [6, 6.07) is 0.333. The predicted molar refractivity (Wildman–Crippen MR) is 69.6 cm³/mol. The van der Waals surface area contributed by atoms with Gasteiger partial charge >= 0.3 is 0 Å². The Kier molecular flexibility index (Phi) is 3.48. The molecule has 2 atom stereocenters. The predicted octanol–water partition coefficient (Wildman–Crippen LogP) is 2.51. The maximum Gasteiger partial charge on any atom is 0.244 e. The van der Waals surface area contributed by atoms with Gasteiger partial charge in [0.2, 0.25) is 5.91 Å². The summed E-state index contributed by atoms with van der Waals surface area (Å²) >= 11 is 0. The Morgan fingerprint density at radius 3 is 2.41 bits per heavy atom. The van der Waals surface area contributed by atoms with Crippen LogP contribution in [0.5, 0.6) is 0 Å². The van der Waals surface area contributed by atoms with Crippen LogP contribution in [-0.2, 0) is 4.79 Å². The van der Waals surface area contributed by atoms with Gasteiger partial charge in [-0.3, -0.25) is 10.1 Å². The van der Waals surface area contributed by atoms with Crippen molar-refractivity contribution in [3.05, 3.63) is 0 Å². The summed E-state index contributed by atoms with van der Waals surface area (Å²) in [7, 11) is 0. The summed E-state index contributed by atoms with van der Waals surface area (Å²) in [6.07, 6.45) is 5.70. The first-order valence-electron chi connectivity index (χ1n) is 7.12. The minimum atomic E-state index is -0.205. The molecule has 1 aliphatic carbocycles. The molecule has 3 nitrogen and oxygen atoms in total. The lowest BCUT2D eigenvalue weighted by Crippen LogP contribution is -2.46. The molecule has 1 saturated heterocycles. The zero-order valence-corrected chi connectivity index (χ0v) is 11.6. The Morgan fingerprint density at radius 2 is 1.94 bits per heavy atom. The van der Waals surface area contributed by atoms with Crippen molar-refractivity contribution in [2.45, 2.75) is 77.5 Å². The molecule has 0 radical (unpaired) electrons. The van der Waals surface area contributed by atoms with Crippen LogP contribution < -0.4 is 5.32 Å². The van der Waals surface area contributed by atoms with Crippen molar-refractivity contribution in [3.63, 3.8) is 0 Å². The third-order valence-corrected chi connectivity index (χ3v) is 4.67. The topological polar surface area (TPSA) is 32.3 Å². The van der Waals surface area contributed by atoms with Gasteiger partial charge in [-0.05, 0) is 32.1 Å². The molecule has 98 valence electrons. The van der Waals surface area contributed by atoms with Crippen LogP contribution in [0.2, 0.25) is 0 Å². The number of hydrogen-bond donors (Lipinski definition) is 1. The molecule has 1 amide bonds. The normalized spacial score (nSPS) is 29.6. The molecule has 3 heteroatoms. The maximum absolute atomic E-state index is 12.7. The fourth-order valence-corrected chi connectivity index (χ4v) is 3.26. The van der Waals surface area contributed by atoms with E-state index in [-0.39, 0.29) is 11.7 Å². The third kappa shape index (κ3) is 1.99. The van der Waals surface area contributed by atoms with Gasteiger partial charge in [-0.25, -0.2) is 0 Å². The van der Waals surface area contributed by atoms with Gasteiger partial charge in [-0.2, -0.15) is 0 Å². The van der Waals surface area contributed by atoms with Gasteiger partial charge < -0.3 is 4.90 Å². The quantitative estimate of drug-likeness (QED) is 0.819. The molecule has 2 aliphatic rings. The van der Waals surface area contributed by atoms with Crippen molar-refractivity contribution in [2.24, 2.45) is 5.92 Å². The minimum absolute atomic E-state index is 0.205. The van der Waals surface area contributed by atoms with Crippen LogP contribution in [0.15, 0.2) is 0 Å². The molecule has 2 rings (SSSR count). The van der Waals surface area contributed by atoms with E-state index >= 15 is 0 Å². The van der Waals surface area contributed by atoms with Crippen molar-refractivity contribution in [1.82, 2.24) is 10.2 Å². The molecule has 1 spiro atoms. The molecule has 1 saturated carbocycles. The Bertz CT molecular complexity index is 295. The van der Waals surface area contributed by atoms with E-state index in [4.69, 9.17) is 0 Å². The highest BCUT2D eigenvalue weighted by Gasteiger charge is 2.52. The van der Waals surface area contributed by atoms with Crippen molar-refractivity contribution >= 4 is 5.91 Å². The van der Waals surface area contributed by atoms with Crippen molar-refractivity contribution in [2.75, 3.05) is 0 Å². The highest BCUT2D eigenvalue weighted by atomic mass is 16.2. The lowest BCUT2D eigenvalue weighted by molar-refractivity contribution is -0.135. The lowest BCUT2D eigenvalue weighted by atomic mass is 9.96. The SMILES string of the molecule is CCC1NC2(CCCC2)C(=O)N1C(C)C(C)C. The number of nitrogens with one attached hydrogen (secondary N) is 1. The molecule has 2 fully saturated rings. The van der Waals surface area contributed by atoms with E-state index in [2.05, 4.69) is 37.9 Å². The van der Waals surface area contributed by atoms with Crippen molar-refractivity contribution in [1.29, 1.82) is 0 Å². The molecule has 1 aliphatic heterocycles. The van der Waals surface area contributed by atoms with E-state index in [1.165, 1.54) is 12.8 Å². The molecule has 0 aromatic heterocycles. The highest BCUT2D eigenvalue weighted by molar-refractivity contribution is 5.89. The third-order valence-electron chi connectivity index (χ3n) is 4.67. The van der Waals surface area contributed by atoms with Crippen molar-refractivity contribution < 1.29 is 4.79 Å². The molecule has 0 aromatic rings. The molecule has 0 bridgehead atoms. The Balaban J connectivity index is 2.22.